The summed E-state index contributed by atoms with van der Waals surface area (Å²) in [5.74, 6) is -1.69. The highest BCUT2D eigenvalue weighted by Gasteiger charge is 2.15. The lowest BCUT2D eigenvalue weighted by molar-refractivity contribution is -0.119. The lowest BCUT2D eigenvalue weighted by atomic mass is 10.2. The van der Waals surface area contributed by atoms with E-state index in [-0.39, 0.29) is 16.3 Å². The smallest absolute Gasteiger partial charge is 0.340 e. The SMILES string of the molecule is NC(=O)CSc1ccccc1NC(=O)COC(=O)c1cc(Cl)ccc1Cl. The quantitative estimate of drug-likeness (QED) is 0.536. The summed E-state index contributed by atoms with van der Waals surface area (Å²) in [5.41, 5.74) is 5.69. The molecular formula is C17H14Cl2N2O4S. The highest BCUT2D eigenvalue weighted by Crippen LogP contribution is 2.26. The fourth-order valence-electron chi connectivity index (χ4n) is 1.89. The Labute approximate surface area is 164 Å². The second kappa shape index (κ2) is 9.47. The number of hydrogen-bond donors (Lipinski definition) is 2. The zero-order valence-electron chi connectivity index (χ0n) is 13.3. The van der Waals surface area contributed by atoms with E-state index in [2.05, 4.69) is 5.32 Å². The summed E-state index contributed by atoms with van der Waals surface area (Å²) in [6.07, 6.45) is 0. The number of nitrogens with one attached hydrogen (secondary N) is 1. The number of benzene rings is 2. The number of para-hydroxylation sites is 1. The van der Waals surface area contributed by atoms with Gasteiger partial charge in [-0.1, -0.05) is 35.3 Å². The number of anilines is 1. The van der Waals surface area contributed by atoms with Crippen LogP contribution in [0.4, 0.5) is 5.69 Å². The van der Waals surface area contributed by atoms with Crippen molar-refractivity contribution in [2.24, 2.45) is 5.73 Å². The van der Waals surface area contributed by atoms with Gasteiger partial charge in [0.2, 0.25) is 5.91 Å². The van der Waals surface area contributed by atoms with Gasteiger partial charge < -0.3 is 15.8 Å². The van der Waals surface area contributed by atoms with Crippen LogP contribution in [-0.4, -0.2) is 30.1 Å². The van der Waals surface area contributed by atoms with Crippen molar-refractivity contribution < 1.29 is 19.1 Å². The minimum atomic E-state index is -0.760. The van der Waals surface area contributed by atoms with Crippen molar-refractivity contribution in [3.63, 3.8) is 0 Å². The van der Waals surface area contributed by atoms with Gasteiger partial charge in [0.1, 0.15) is 0 Å². The van der Waals surface area contributed by atoms with Crippen molar-refractivity contribution in [2.45, 2.75) is 4.90 Å². The summed E-state index contributed by atoms with van der Waals surface area (Å²) in [5, 5.41) is 3.12. The van der Waals surface area contributed by atoms with Gasteiger partial charge in [0.25, 0.3) is 5.91 Å². The molecular weight excluding hydrogens is 399 g/mol. The van der Waals surface area contributed by atoms with Crippen LogP contribution in [0.5, 0.6) is 0 Å². The zero-order valence-corrected chi connectivity index (χ0v) is 15.7. The molecule has 2 rings (SSSR count). The molecule has 0 aliphatic carbocycles. The van der Waals surface area contributed by atoms with Crippen LogP contribution in [0, 0.1) is 0 Å². The normalized spacial score (nSPS) is 10.2. The molecule has 0 fully saturated rings. The van der Waals surface area contributed by atoms with E-state index in [0.717, 1.165) is 0 Å². The number of rotatable bonds is 7. The molecule has 0 saturated heterocycles. The number of nitrogens with two attached hydrogens (primary N) is 1. The van der Waals surface area contributed by atoms with Gasteiger partial charge in [-0.05, 0) is 30.3 Å². The van der Waals surface area contributed by atoms with Crippen molar-refractivity contribution in [2.75, 3.05) is 17.7 Å². The summed E-state index contributed by atoms with van der Waals surface area (Å²) in [6, 6.07) is 11.3. The number of halogens is 2. The molecule has 0 radical (unpaired) electrons. The third-order valence-electron chi connectivity index (χ3n) is 3.01. The predicted octanol–water partition coefficient (Wildman–Crippen LogP) is 3.37. The highest BCUT2D eigenvalue weighted by molar-refractivity contribution is 8.00. The fraction of sp³-hybridized carbons (Fsp3) is 0.118. The van der Waals surface area contributed by atoms with Gasteiger partial charge in [-0.15, -0.1) is 11.8 Å². The average Bonchev–Trinajstić information content (AvgIpc) is 2.61. The van der Waals surface area contributed by atoms with Gasteiger partial charge in [0, 0.05) is 9.92 Å². The van der Waals surface area contributed by atoms with E-state index >= 15 is 0 Å². The molecule has 0 bridgehead atoms. The lowest BCUT2D eigenvalue weighted by Crippen LogP contribution is -2.21. The Morgan fingerprint density at radius 2 is 1.85 bits per heavy atom. The maximum atomic E-state index is 12.0. The van der Waals surface area contributed by atoms with Gasteiger partial charge >= 0.3 is 5.97 Å². The van der Waals surface area contributed by atoms with Crippen molar-refractivity contribution in [1.82, 2.24) is 0 Å². The third kappa shape index (κ3) is 5.94. The summed E-state index contributed by atoms with van der Waals surface area (Å²) in [6.45, 7) is -0.503. The van der Waals surface area contributed by atoms with E-state index in [0.29, 0.717) is 15.6 Å². The first-order valence-electron chi connectivity index (χ1n) is 7.29. The number of carbonyl (C=O) groups excluding carboxylic acids is 3. The number of hydrogen-bond acceptors (Lipinski definition) is 5. The van der Waals surface area contributed by atoms with Crippen LogP contribution >= 0.6 is 35.0 Å². The molecule has 2 aromatic rings. The molecule has 0 spiro atoms. The van der Waals surface area contributed by atoms with E-state index in [1.165, 1.54) is 30.0 Å². The van der Waals surface area contributed by atoms with Crippen molar-refractivity contribution in [3.8, 4) is 0 Å². The van der Waals surface area contributed by atoms with Crippen molar-refractivity contribution in [3.05, 3.63) is 58.1 Å². The molecule has 3 N–H and O–H groups in total. The number of carbonyl (C=O) groups is 3. The Morgan fingerprint density at radius 1 is 1.12 bits per heavy atom. The Hall–Kier alpha value is -2.22. The van der Waals surface area contributed by atoms with Gasteiger partial charge in [0.15, 0.2) is 6.61 Å². The summed E-state index contributed by atoms with van der Waals surface area (Å²) in [4.78, 5) is 35.6. The molecule has 0 saturated carbocycles. The molecule has 2 amide bonds. The van der Waals surface area contributed by atoms with E-state index in [1.54, 1.807) is 24.3 Å². The number of ether oxygens (including phenoxy) is 1. The number of amides is 2. The summed E-state index contributed by atoms with van der Waals surface area (Å²) in [7, 11) is 0. The van der Waals surface area contributed by atoms with E-state index in [9.17, 15) is 14.4 Å². The van der Waals surface area contributed by atoms with Gasteiger partial charge in [-0.25, -0.2) is 4.79 Å². The number of esters is 1. The Balaban J connectivity index is 1.96. The second-order valence-electron chi connectivity index (χ2n) is 5.00. The van der Waals surface area contributed by atoms with Crippen LogP contribution in [0.2, 0.25) is 10.0 Å². The minimum Gasteiger partial charge on any atom is -0.452 e. The van der Waals surface area contributed by atoms with Crippen LogP contribution < -0.4 is 11.1 Å². The van der Waals surface area contributed by atoms with Crippen LogP contribution in [0.3, 0.4) is 0 Å². The van der Waals surface area contributed by atoms with E-state index < -0.39 is 24.4 Å². The van der Waals surface area contributed by atoms with E-state index in [1.807, 2.05) is 0 Å². The average molecular weight is 413 g/mol. The first kappa shape index (κ1) is 20.1. The van der Waals surface area contributed by atoms with Crippen molar-refractivity contribution in [1.29, 1.82) is 0 Å². The number of primary amides is 1. The molecule has 0 aromatic heterocycles. The minimum absolute atomic E-state index is 0.0735. The largest absolute Gasteiger partial charge is 0.452 e. The first-order valence-corrected chi connectivity index (χ1v) is 9.03. The highest BCUT2D eigenvalue weighted by atomic mass is 35.5. The van der Waals surface area contributed by atoms with Gasteiger partial charge in [-0.3, -0.25) is 9.59 Å². The molecule has 6 nitrogen and oxygen atoms in total. The number of thioether (sulfide) groups is 1. The fourth-order valence-corrected chi connectivity index (χ4v) is 3.01. The standard InChI is InChI=1S/C17H14Cl2N2O4S/c18-10-5-6-12(19)11(7-10)17(24)25-8-16(23)21-13-3-1-2-4-14(13)26-9-15(20)22/h1-7H,8-9H2,(H2,20,22)(H,21,23). The van der Waals surface area contributed by atoms with Crippen LogP contribution in [0.1, 0.15) is 10.4 Å². The van der Waals surface area contributed by atoms with Crippen molar-refractivity contribution >= 4 is 58.4 Å². The zero-order chi connectivity index (χ0) is 19.1. The summed E-state index contributed by atoms with van der Waals surface area (Å²) >= 11 is 12.9. The Bertz CT molecular complexity index is 845. The van der Waals surface area contributed by atoms with Gasteiger partial charge in [-0.2, -0.15) is 0 Å². The van der Waals surface area contributed by atoms with Crippen LogP contribution in [-0.2, 0) is 14.3 Å². The molecule has 9 heteroatoms. The monoisotopic (exact) mass is 412 g/mol. The first-order chi connectivity index (χ1) is 12.4. The molecule has 0 unspecified atom stereocenters. The molecule has 0 heterocycles. The molecule has 2 aromatic carbocycles. The lowest BCUT2D eigenvalue weighted by Gasteiger charge is -2.11. The summed E-state index contributed by atoms with van der Waals surface area (Å²) < 4.78 is 4.96. The van der Waals surface area contributed by atoms with E-state index in [4.69, 9.17) is 33.7 Å². The maximum Gasteiger partial charge on any atom is 0.340 e. The molecule has 0 aliphatic rings. The second-order valence-corrected chi connectivity index (χ2v) is 6.86. The third-order valence-corrected chi connectivity index (χ3v) is 4.67. The van der Waals surface area contributed by atoms with Crippen LogP contribution in [0.25, 0.3) is 0 Å². The molecule has 136 valence electrons. The molecule has 0 aliphatic heterocycles. The van der Waals surface area contributed by atoms with Crippen LogP contribution in [0.15, 0.2) is 47.4 Å². The Morgan fingerprint density at radius 3 is 2.58 bits per heavy atom. The molecule has 26 heavy (non-hydrogen) atoms. The maximum absolute atomic E-state index is 12.0. The molecule has 0 atom stereocenters. The predicted molar refractivity (Wildman–Crippen MR) is 102 cm³/mol. The van der Waals surface area contributed by atoms with Gasteiger partial charge in [0.05, 0.1) is 22.0 Å². The Kier molecular flexibility index (Phi) is 7.32. The topological polar surface area (TPSA) is 98.5 Å².